The van der Waals surface area contributed by atoms with E-state index in [0.29, 0.717) is 18.7 Å². The molecule has 0 atom stereocenters. The predicted octanol–water partition coefficient (Wildman–Crippen LogP) is 1.93. The van der Waals surface area contributed by atoms with Gasteiger partial charge in [-0.15, -0.1) is 0 Å². The zero-order valence-corrected chi connectivity index (χ0v) is 13.4. The van der Waals surface area contributed by atoms with Crippen LogP contribution in [0.5, 0.6) is 0 Å². The summed E-state index contributed by atoms with van der Waals surface area (Å²) in [4.78, 5) is 25.4. The Balaban J connectivity index is 2.57. The first-order valence-electron chi connectivity index (χ1n) is 6.34. The van der Waals surface area contributed by atoms with Crippen molar-refractivity contribution in [2.24, 2.45) is 0 Å². The maximum absolute atomic E-state index is 12.1. The molecule has 0 unspecified atom stereocenters. The smallest absolute Gasteiger partial charge is 0.234 e. The van der Waals surface area contributed by atoms with Gasteiger partial charge in [-0.25, -0.2) is 0 Å². The zero-order chi connectivity index (χ0) is 14.3. The lowest BCUT2D eigenvalue weighted by molar-refractivity contribution is -0.121. The molecule has 0 radical (unpaired) electrons. The van der Waals surface area contributed by atoms with E-state index in [1.165, 1.54) is 0 Å². The number of nitrogens with zero attached hydrogens (tertiary/aromatic N) is 1. The van der Waals surface area contributed by atoms with Gasteiger partial charge in [-0.1, -0.05) is 19.1 Å². The molecule has 0 aliphatic heterocycles. The quantitative estimate of drug-likeness (QED) is 0.586. The van der Waals surface area contributed by atoms with Crippen molar-refractivity contribution in [1.29, 1.82) is 0 Å². The Bertz CT molecular complexity index is 432. The van der Waals surface area contributed by atoms with Gasteiger partial charge in [0.05, 0.1) is 13.1 Å². The molecular formula is C14H19IN2O2. The topological polar surface area (TPSA) is 49.4 Å². The number of carbonyl (C=O) groups excluding carboxylic acids is 2. The third kappa shape index (κ3) is 5.69. The minimum Gasteiger partial charge on any atom is -0.355 e. The van der Waals surface area contributed by atoms with E-state index in [1.54, 1.807) is 0 Å². The molecule has 0 saturated heterocycles. The number of carbonyl (C=O) groups is 2. The van der Waals surface area contributed by atoms with Crippen LogP contribution < -0.4 is 5.32 Å². The number of rotatable bonds is 7. The second kappa shape index (κ2) is 8.27. The van der Waals surface area contributed by atoms with Crippen molar-refractivity contribution in [3.63, 3.8) is 0 Å². The monoisotopic (exact) mass is 374 g/mol. The van der Waals surface area contributed by atoms with Crippen LogP contribution in [-0.4, -0.2) is 42.8 Å². The number of hydrogen-bond acceptors (Lipinski definition) is 3. The summed E-state index contributed by atoms with van der Waals surface area (Å²) in [5, 5.41) is 2.74. The number of hydrogen-bond donors (Lipinski definition) is 1. The average molecular weight is 374 g/mol. The van der Waals surface area contributed by atoms with Crippen LogP contribution in [0.4, 0.5) is 0 Å². The van der Waals surface area contributed by atoms with Crippen molar-refractivity contribution in [1.82, 2.24) is 10.2 Å². The Kier molecular flexibility index (Phi) is 7.01. The Hall–Kier alpha value is -0.950. The highest BCUT2D eigenvalue weighted by molar-refractivity contribution is 14.1. The Morgan fingerprint density at radius 1 is 1.16 bits per heavy atom. The van der Waals surface area contributed by atoms with E-state index in [1.807, 2.05) is 43.0 Å². The summed E-state index contributed by atoms with van der Waals surface area (Å²) >= 11 is 2.20. The van der Waals surface area contributed by atoms with Crippen LogP contribution in [0.15, 0.2) is 24.3 Å². The second-order valence-electron chi connectivity index (χ2n) is 4.19. The molecule has 0 fully saturated rings. The van der Waals surface area contributed by atoms with Crippen molar-refractivity contribution < 1.29 is 9.59 Å². The van der Waals surface area contributed by atoms with Crippen molar-refractivity contribution in [2.75, 3.05) is 26.2 Å². The molecule has 19 heavy (non-hydrogen) atoms. The maximum Gasteiger partial charge on any atom is 0.234 e. The van der Waals surface area contributed by atoms with Gasteiger partial charge in [-0.2, -0.15) is 0 Å². The Morgan fingerprint density at radius 2 is 1.79 bits per heavy atom. The van der Waals surface area contributed by atoms with Crippen molar-refractivity contribution in [3.8, 4) is 0 Å². The van der Waals surface area contributed by atoms with Crippen LogP contribution in [0.3, 0.4) is 0 Å². The van der Waals surface area contributed by atoms with Crippen molar-refractivity contribution in [2.45, 2.75) is 13.8 Å². The Labute approximate surface area is 127 Å². The highest BCUT2D eigenvalue weighted by Crippen LogP contribution is 2.08. The lowest BCUT2D eigenvalue weighted by Crippen LogP contribution is -2.39. The SMILES string of the molecule is CCNC(=O)CN(CC)CC(=O)c1ccc(I)cc1. The number of nitrogens with one attached hydrogen (secondary N) is 1. The van der Waals surface area contributed by atoms with Gasteiger partial charge in [0.1, 0.15) is 0 Å². The summed E-state index contributed by atoms with van der Waals surface area (Å²) in [5.41, 5.74) is 0.690. The minimum atomic E-state index is -0.0419. The third-order valence-corrected chi connectivity index (χ3v) is 3.44. The van der Waals surface area contributed by atoms with Crippen LogP contribution in [0.25, 0.3) is 0 Å². The number of benzene rings is 1. The van der Waals surface area contributed by atoms with Crippen LogP contribution in [-0.2, 0) is 4.79 Å². The fourth-order valence-electron chi connectivity index (χ4n) is 1.67. The molecular weight excluding hydrogens is 355 g/mol. The van der Waals surface area contributed by atoms with Crippen LogP contribution >= 0.6 is 22.6 Å². The van der Waals surface area contributed by atoms with Gasteiger partial charge in [-0.05, 0) is 48.2 Å². The van der Waals surface area contributed by atoms with E-state index < -0.39 is 0 Å². The lowest BCUT2D eigenvalue weighted by atomic mass is 10.1. The average Bonchev–Trinajstić information content (AvgIpc) is 2.38. The minimum absolute atomic E-state index is 0.0419. The molecule has 0 heterocycles. The van der Waals surface area contributed by atoms with E-state index in [9.17, 15) is 9.59 Å². The molecule has 0 aliphatic carbocycles. The fraction of sp³-hybridized carbons (Fsp3) is 0.429. The molecule has 0 saturated carbocycles. The molecule has 5 heteroatoms. The van der Waals surface area contributed by atoms with E-state index in [0.717, 1.165) is 3.57 Å². The molecule has 1 aromatic rings. The van der Waals surface area contributed by atoms with Crippen molar-refractivity contribution in [3.05, 3.63) is 33.4 Å². The number of likely N-dealkylation sites (N-methyl/N-ethyl adjacent to an activating group) is 2. The first-order valence-corrected chi connectivity index (χ1v) is 7.42. The van der Waals surface area contributed by atoms with Crippen LogP contribution in [0.1, 0.15) is 24.2 Å². The molecule has 0 spiro atoms. The van der Waals surface area contributed by atoms with E-state index in [2.05, 4.69) is 27.9 Å². The number of halogens is 1. The van der Waals surface area contributed by atoms with Crippen LogP contribution in [0, 0.1) is 3.57 Å². The fourth-order valence-corrected chi connectivity index (χ4v) is 2.03. The molecule has 1 rings (SSSR count). The third-order valence-electron chi connectivity index (χ3n) is 2.72. The summed E-state index contributed by atoms with van der Waals surface area (Å²) in [6, 6.07) is 7.47. The Morgan fingerprint density at radius 3 is 2.32 bits per heavy atom. The summed E-state index contributed by atoms with van der Waals surface area (Å²) in [5.74, 6) is 0.00214. The molecule has 104 valence electrons. The number of amides is 1. The first-order chi connectivity index (χ1) is 9.06. The second-order valence-corrected chi connectivity index (χ2v) is 5.43. The zero-order valence-electron chi connectivity index (χ0n) is 11.3. The molecule has 0 aliphatic rings. The van der Waals surface area contributed by atoms with Gasteiger partial charge in [0.2, 0.25) is 5.91 Å². The van der Waals surface area contributed by atoms with Crippen LogP contribution in [0.2, 0.25) is 0 Å². The maximum atomic E-state index is 12.1. The summed E-state index contributed by atoms with van der Waals surface area (Å²) < 4.78 is 1.10. The molecule has 4 nitrogen and oxygen atoms in total. The molecule has 0 bridgehead atoms. The van der Waals surface area contributed by atoms with Gasteiger partial charge < -0.3 is 5.32 Å². The first kappa shape index (κ1) is 16.1. The standard InChI is InChI=1S/C14H19IN2O2/c1-3-16-14(19)10-17(4-2)9-13(18)11-5-7-12(15)8-6-11/h5-8H,3-4,9-10H2,1-2H3,(H,16,19). The van der Waals surface area contributed by atoms with Gasteiger partial charge >= 0.3 is 0 Å². The highest BCUT2D eigenvalue weighted by atomic mass is 127. The van der Waals surface area contributed by atoms with Crippen molar-refractivity contribution >= 4 is 34.3 Å². The predicted molar refractivity (Wildman–Crippen MR) is 84.3 cm³/mol. The molecule has 1 N–H and O–H groups in total. The number of Topliss-reactive ketones (excluding diaryl/α,β-unsaturated/α-hetero) is 1. The van der Waals surface area contributed by atoms with E-state index >= 15 is 0 Å². The van der Waals surface area contributed by atoms with Gasteiger partial charge in [0.15, 0.2) is 5.78 Å². The van der Waals surface area contributed by atoms with Gasteiger partial charge in [0, 0.05) is 15.7 Å². The molecule has 1 aromatic carbocycles. The lowest BCUT2D eigenvalue weighted by Gasteiger charge is -2.18. The summed E-state index contributed by atoms with van der Waals surface area (Å²) in [6.45, 7) is 5.65. The normalized spacial score (nSPS) is 10.5. The molecule has 0 aromatic heterocycles. The highest BCUT2D eigenvalue weighted by Gasteiger charge is 2.13. The van der Waals surface area contributed by atoms with Gasteiger partial charge in [-0.3, -0.25) is 14.5 Å². The van der Waals surface area contributed by atoms with Gasteiger partial charge in [0.25, 0.3) is 0 Å². The van der Waals surface area contributed by atoms with E-state index in [4.69, 9.17) is 0 Å². The largest absolute Gasteiger partial charge is 0.355 e. The van der Waals surface area contributed by atoms with E-state index in [-0.39, 0.29) is 24.8 Å². The molecule has 1 amide bonds. The number of ketones is 1. The summed E-state index contributed by atoms with van der Waals surface area (Å²) in [7, 11) is 0. The summed E-state index contributed by atoms with van der Waals surface area (Å²) in [6.07, 6.45) is 0.